The summed E-state index contributed by atoms with van der Waals surface area (Å²) in [6.07, 6.45) is 7.34. The van der Waals surface area contributed by atoms with Gasteiger partial charge in [-0.3, -0.25) is 4.79 Å². The third kappa shape index (κ3) is 1.35. The van der Waals surface area contributed by atoms with Crippen molar-refractivity contribution in [1.29, 1.82) is 0 Å². The second kappa shape index (κ2) is 3.56. The average molecular weight is 195 g/mol. The number of carbonyl (C=O) groups is 1. The van der Waals surface area contributed by atoms with Gasteiger partial charge >= 0.3 is 0 Å². The van der Waals surface area contributed by atoms with Crippen LogP contribution in [0.3, 0.4) is 0 Å². The van der Waals surface area contributed by atoms with Crippen LogP contribution in [0.25, 0.3) is 0 Å². The van der Waals surface area contributed by atoms with Crippen LogP contribution < -0.4 is 5.32 Å². The van der Waals surface area contributed by atoms with Gasteiger partial charge in [-0.25, -0.2) is 0 Å². The number of hydrogen-bond donors (Lipinski definition) is 1. The maximum Gasteiger partial charge on any atom is 0.220 e. The normalized spacial score (nSPS) is 39.0. The van der Waals surface area contributed by atoms with Gasteiger partial charge in [-0.2, -0.15) is 0 Å². The van der Waals surface area contributed by atoms with Gasteiger partial charge in [0.15, 0.2) is 0 Å². The maximum absolute atomic E-state index is 11.5. The lowest BCUT2D eigenvalue weighted by Crippen LogP contribution is -2.39. The molecule has 1 amide bonds. The lowest BCUT2D eigenvalue weighted by atomic mass is 9.67. The molecule has 1 N–H and O–H groups in total. The Morgan fingerprint density at radius 1 is 1.43 bits per heavy atom. The minimum absolute atomic E-state index is 0.270. The van der Waals surface area contributed by atoms with E-state index in [2.05, 4.69) is 19.2 Å². The standard InChI is InChI=1S/C12H21NO/c1-3-12(10-6-4-5-7-10)8-11(14)13-9(12)2/h9-10H,3-8H2,1-2H3,(H,13,14). The van der Waals surface area contributed by atoms with E-state index in [9.17, 15) is 4.79 Å². The first-order chi connectivity index (χ1) is 6.69. The molecule has 14 heavy (non-hydrogen) atoms. The topological polar surface area (TPSA) is 29.1 Å². The fraction of sp³-hybridized carbons (Fsp3) is 0.917. The van der Waals surface area contributed by atoms with Gasteiger partial charge in [0, 0.05) is 17.9 Å². The Kier molecular flexibility index (Phi) is 2.54. The van der Waals surface area contributed by atoms with Crippen LogP contribution >= 0.6 is 0 Å². The zero-order valence-electron chi connectivity index (χ0n) is 9.31. The highest BCUT2D eigenvalue weighted by Gasteiger charge is 2.48. The molecule has 0 radical (unpaired) electrons. The van der Waals surface area contributed by atoms with Crippen molar-refractivity contribution in [3.8, 4) is 0 Å². The Bertz CT molecular complexity index is 232. The van der Waals surface area contributed by atoms with Crippen LogP contribution in [-0.4, -0.2) is 11.9 Å². The van der Waals surface area contributed by atoms with Gasteiger partial charge in [-0.1, -0.05) is 19.8 Å². The molecule has 0 aromatic carbocycles. The first-order valence-electron chi connectivity index (χ1n) is 5.98. The Morgan fingerprint density at radius 2 is 2.07 bits per heavy atom. The predicted octanol–water partition coefficient (Wildman–Crippen LogP) is 2.48. The summed E-state index contributed by atoms with van der Waals surface area (Å²) in [5, 5.41) is 3.10. The van der Waals surface area contributed by atoms with Crippen molar-refractivity contribution in [2.45, 2.75) is 58.4 Å². The molecule has 80 valence electrons. The zero-order chi connectivity index (χ0) is 10.2. The number of hydrogen-bond acceptors (Lipinski definition) is 1. The summed E-state index contributed by atoms with van der Waals surface area (Å²) in [5.41, 5.74) is 0.285. The minimum Gasteiger partial charge on any atom is -0.353 e. The van der Waals surface area contributed by atoms with E-state index in [-0.39, 0.29) is 11.3 Å². The summed E-state index contributed by atoms with van der Waals surface area (Å²) in [4.78, 5) is 11.5. The van der Waals surface area contributed by atoms with E-state index < -0.39 is 0 Å². The highest BCUT2D eigenvalue weighted by Crippen LogP contribution is 2.49. The van der Waals surface area contributed by atoms with Crippen LogP contribution in [0.4, 0.5) is 0 Å². The lowest BCUT2D eigenvalue weighted by Gasteiger charge is -2.37. The molecule has 2 fully saturated rings. The largest absolute Gasteiger partial charge is 0.353 e. The molecule has 2 aliphatic rings. The molecule has 1 saturated heterocycles. The summed E-state index contributed by atoms with van der Waals surface area (Å²) in [7, 11) is 0. The van der Waals surface area contributed by atoms with Crippen molar-refractivity contribution in [3.05, 3.63) is 0 Å². The molecule has 1 aliphatic heterocycles. The number of rotatable bonds is 2. The smallest absolute Gasteiger partial charge is 0.220 e. The second-order valence-corrected chi connectivity index (χ2v) is 5.03. The predicted molar refractivity (Wildman–Crippen MR) is 56.9 cm³/mol. The summed E-state index contributed by atoms with van der Waals surface area (Å²) in [6.45, 7) is 4.43. The van der Waals surface area contributed by atoms with Crippen LogP contribution in [-0.2, 0) is 4.79 Å². The highest BCUT2D eigenvalue weighted by atomic mass is 16.2. The van der Waals surface area contributed by atoms with Gasteiger partial charge in [0.1, 0.15) is 0 Å². The van der Waals surface area contributed by atoms with E-state index in [0.29, 0.717) is 6.04 Å². The molecule has 2 heteroatoms. The van der Waals surface area contributed by atoms with Gasteiger partial charge in [0.2, 0.25) is 5.91 Å². The van der Waals surface area contributed by atoms with E-state index in [0.717, 1.165) is 18.8 Å². The molecule has 2 atom stereocenters. The van der Waals surface area contributed by atoms with Crippen LogP contribution in [0.5, 0.6) is 0 Å². The average Bonchev–Trinajstić information content (AvgIpc) is 2.73. The molecule has 0 spiro atoms. The van der Waals surface area contributed by atoms with Crippen molar-refractivity contribution >= 4 is 5.91 Å². The maximum atomic E-state index is 11.5. The van der Waals surface area contributed by atoms with Crippen molar-refractivity contribution in [3.63, 3.8) is 0 Å². The number of carbonyl (C=O) groups excluding carboxylic acids is 1. The van der Waals surface area contributed by atoms with Gasteiger partial charge in [0.05, 0.1) is 0 Å². The summed E-state index contributed by atoms with van der Waals surface area (Å²) < 4.78 is 0. The van der Waals surface area contributed by atoms with Gasteiger partial charge in [-0.05, 0) is 32.1 Å². The molecule has 2 unspecified atom stereocenters. The minimum atomic E-state index is 0.270. The van der Waals surface area contributed by atoms with Crippen molar-refractivity contribution in [2.75, 3.05) is 0 Å². The molecule has 1 saturated carbocycles. The Labute approximate surface area is 86.5 Å². The SMILES string of the molecule is CCC1(C2CCCC2)CC(=O)NC1C. The van der Waals surface area contributed by atoms with E-state index >= 15 is 0 Å². The quantitative estimate of drug-likeness (QED) is 0.720. The van der Waals surface area contributed by atoms with Crippen LogP contribution in [0, 0.1) is 11.3 Å². The molecule has 2 nitrogen and oxygen atoms in total. The van der Waals surface area contributed by atoms with E-state index in [4.69, 9.17) is 0 Å². The Hall–Kier alpha value is -0.530. The van der Waals surface area contributed by atoms with E-state index in [1.54, 1.807) is 0 Å². The second-order valence-electron chi connectivity index (χ2n) is 5.03. The molecular weight excluding hydrogens is 174 g/mol. The first-order valence-corrected chi connectivity index (χ1v) is 5.98. The molecule has 1 heterocycles. The van der Waals surface area contributed by atoms with Crippen molar-refractivity contribution < 1.29 is 4.79 Å². The molecule has 0 aromatic heterocycles. The van der Waals surface area contributed by atoms with Gasteiger partial charge in [-0.15, -0.1) is 0 Å². The fourth-order valence-corrected chi connectivity index (χ4v) is 3.61. The molecule has 0 aromatic rings. The lowest BCUT2D eigenvalue weighted by molar-refractivity contribution is -0.120. The Morgan fingerprint density at radius 3 is 2.50 bits per heavy atom. The monoisotopic (exact) mass is 195 g/mol. The molecule has 2 rings (SSSR count). The first kappa shape index (κ1) is 10.0. The van der Waals surface area contributed by atoms with Crippen LogP contribution in [0.1, 0.15) is 52.4 Å². The summed E-state index contributed by atoms with van der Waals surface area (Å²) in [6, 6.07) is 0.392. The third-order valence-electron chi connectivity index (χ3n) is 4.56. The van der Waals surface area contributed by atoms with E-state index in [1.165, 1.54) is 25.7 Å². The zero-order valence-corrected chi connectivity index (χ0v) is 9.31. The number of amides is 1. The summed E-state index contributed by atoms with van der Waals surface area (Å²) >= 11 is 0. The molecule has 1 aliphatic carbocycles. The van der Waals surface area contributed by atoms with Crippen LogP contribution in [0.15, 0.2) is 0 Å². The Balaban J connectivity index is 2.19. The fourth-order valence-electron chi connectivity index (χ4n) is 3.61. The van der Waals surface area contributed by atoms with Crippen molar-refractivity contribution in [1.82, 2.24) is 5.32 Å². The van der Waals surface area contributed by atoms with E-state index in [1.807, 2.05) is 0 Å². The highest BCUT2D eigenvalue weighted by molar-refractivity contribution is 5.80. The number of nitrogens with one attached hydrogen (secondary N) is 1. The van der Waals surface area contributed by atoms with Crippen molar-refractivity contribution in [2.24, 2.45) is 11.3 Å². The van der Waals surface area contributed by atoms with Gasteiger partial charge in [0.25, 0.3) is 0 Å². The third-order valence-corrected chi connectivity index (χ3v) is 4.56. The molecular formula is C12H21NO. The summed E-state index contributed by atoms with van der Waals surface area (Å²) in [5.74, 6) is 1.06. The van der Waals surface area contributed by atoms with Crippen LogP contribution in [0.2, 0.25) is 0 Å². The molecule has 0 bridgehead atoms. The van der Waals surface area contributed by atoms with Gasteiger partial charge < -0.3 is 5.32 Å².